The van der Waals surface area contributed by atoms with Crippen LogP contribution in [0.1, 0.15) is 5.56 Å². The van der Waals surface area contributed by atoms with E-state index in [-0.39, 0.29) is 0 Å². The minimum absolute atomic E-state index is 0.646. The molecule has 34 heavy (non-hydrogen) atoms. The molecule has 1 aromatic heterocycles. The van der Waals surface area contributed by atoms with E-state index in [2.05, 4.69) is 4.99 Å². The summed E-state index contributed by atoms with van der Waals surface area (Å²) in [7, 11) is -2.76. The molecule has 0 bridgehead atoms. The number of para-hydroxylation sites is 1. The van der Waals surface area contributed by atoms with Gasteiger partial charge in [-0.3, -0.25) is 0 Å². The minimum atomic E-state index is -6.00. The van der Waals surface area contributed by atoms with Crippen molar-refractivity contribution in [1.82, 2.24) is 0 Å². The van der Waals surface area contributed by atoms with Crippen LogP contribution in [0, 0.1) is 6.92 Å². The third-order valence-corrected chi connectivity index (χ3v) is 5.20. The van der Waals surface area contributed by atoms with Gasteiger partial charge in [-0.05, 0) is 42.8 Å². The van der Waals surface area contributed by atoms with Crippen molar-refractivity contribution in [2.75, 3.05) is 14.2 Å². The lowest BCUT2D eigenvalue weighted by atomic mass is 10.1. The predicted octanol–water partition coefficient (Wildman–Crippen LogP) is 5.69. The van der Waals surface area contributed by atoms with Gasteiger partial charge in [0.25, 0.3) is 0 Å². The standard InChI is InChI=1S/C24H20ClNO3.BF4/c1-15-8-10-17(13-19(15)25)26-20-14-23(29-21-7-5-4-6-18(20)21)16-9-11-22(27-2)24(12-16)28-3;2-1(3,4)5/h4-14H,1-3H3;/q;-1/p+1. The first-order chi connectivity index (χ1) is 16.1. The number of halogens is 5. The van der Waals surface area contributed by atoms with Crippen LogP contribution >= 0.6 is 11.6 Å². The monoisotopic (exact) mass is 493 g/mol. The van der Waals surface area contributed by atoms with E-state index in [1.165, 1.54) is 0 Å². The highest BCUT2D eigenvalue weighted by molar-refractivity contribution is 6.50. The zero-order valence-corrected chi connectivity index (χ0v) is 19.3. The molecule has 4 rings (SSSR count). The first-order valence-electron chi connectivity index (χ1n) is 10.1. The van der Waals surface area contributed by atoms with Gasteiger partial charge in [0, 0.05) is 17.7 Å². The zero-order chi connectivity index (χ0) is 24.9. The lowest BCUT2D eigenvalue weighted by molar-refractivity contribution is -0.400. The minimum Gasteiger partial charge on any atom is -0.493 e. The van der Waals surface area contributed by atoms with Gasteiger partial charge in [0.05, 0.1) is 30.7 Å². The Hall–Kier alpha value is -3.46. The second kappa shape index (κ2) is 10.6. The van der Waals surface area contributed by atoms with E-state index in [9.17, 15) is 17.3 Å². The topological polar surface area (TPSA) is 45.6 Å². The number of hydrogen-bond donors (Lipinski definition) is 1. The molecular formula is C24H21BClF4NO3. The molecule has 0 spiro atoms. The fourth-order valence-corrected chi connectivity index (χ4v) is 3.38. The molecule has 0 aliphatic carbocycles. The van der Waals surface area contributed by atoms with Crippen molar-refractivity contribution in [2.45, 2.75) is 6.92 Å². The van der Waals surface area contributed by atoms with Crippen LogP contribution in [0.3, 0.4) is 0 Å². The van der Waals surface area contributed by atoms with Gasteiger partial charge < -0.3 is 31.2 Å². The second-order valence-corrected chi connectivity index (χ2v) is 7.58. The first-order valence-corrected chi connectivity index (χ1v) is 10.5. The van der Waals surface area contributed by atoms with Gasteiger partial charge >= 0.3 is 7.25 Å². The maximum absolute atomic E-state index is 9.75. The average molecular weight is 494 g/mol. The van der Waals surface area contributed by atoms with Crippen LogP contribution in [0.5, 0.6) is 11.5 Å². The molecule has 3 aromatic carbocycles. The predicted molar refractivity (Wildman–Crippen MR) is 125 cm³/mol. The van der Waals surface area contributed by atoms with Gasteiger partial charge in [0.15, 0.2) is 11.5 Å². The van der Waals surface area contributed by atoms with Crippen molar-refractivity contribution in [2.24, 2.45) is 0 Å². The van der Waals surface area contributed by atoms with E-state index in [1.54, 1.807) is 14.2 Å². The number of ether oxygens (including phenoxy) is 2. The third kappa shape index (κ3) is 6.54. The van der Waals surface area contributed by atoms with Gasteiger partial charge in [0.2, 0.25) is 11.0 Å². The van der Waals surface area contributed by atoms with Crippen molar-refractivity contribution in [3.8, 4) is 22.8 Å². The summed E-state index contributed by atoms with van der Waals surface area (Å²) in [6, 6.07) is 21.5. The second-order valence-electron chi connectivity index (χ2n) is 7.17. The van der Waals surface area contributed by atoms with Crippen LogP contribution in [0.15, 0.2) is 71.1 Å². The van der Waals surface area contributed by atoms with E-state index in [0.29, 0.717) is 17.3 Å². The number of benzene rings is 3. The van der Waals surface area contributed by atoms with Crippen LogP contribution in [-0.4, -0.2) is 21.5 Å². The normalized spacial score (nSPS) is 11.7. The summed E-state index contributed by atoms with van der Waals surface area (Å²) >= 11 is 6.30. The van der Waals surface area contributed by atoms with E-state index in [0.717, 1.165) is 38.2 Å². The van der Waals surface area contributed by atoms with E-state index >= 15 is 0 Å². The molecule has 1 heterocycles. The maximum atomic E-state index is 9.75. The Morgan fingerprint density at radius 3 is 2.18 bits per heavy atom. The Labute approximate surface area is 198 Å². The summed E-state index contributed by atoms with van der Waals surface area (Å²) in [5, 5.41) is 2.63. The van der Waals surface area contributed by atoms with Gasteiger partial charge in [0.1, 0.15) is 11.3 Å². The average Bonchev–Trinajstić information content (AvgIpc) is 2.80. The molecule has 0 unspecified atom stereocenters. The lowest BCUT2D eigenvalue weighted by Crippen LogP contribution is -2.70. The molecule has 0 aliphatic heterocycles. The van der Waals surface area contributed by atoms with Crippen LogP contribution in [0.25, 0.3) is 22.3 Å². The SMILES string of the molecule is COc1ccc(-c2cc(=[NH+]c3ccc(C)c(Cl)c3)c3ccccc3o2)cc1OC.F[B-](F)(F)F. The summed E-state index contributed by atoms with van der Waals surface area (Å²) in [4.78, 5) is 3.48. The maximum Gasteiger partial charge on any atom is 0.673 e. The molecule has 4 nitrogen and oxygen atoms in total. The quantitative estimate of drug-likeness (QED) is 0.293. The summed E-state index contributed by atoms with van der Waals surface area (Å²) in [6.07, 6.45) is 0. The summed E-state index contributed by atoms with van der Waals surface area (Å²) in [5.41, 5.74) is 3.62. The zero-order valence-electron chi connectivity index (χ0n) is 18.5. The Morgan fingerprint density at radius 1 is 0.853 bits per heavy atom. The highest BCUT2D eigenvalue weighted by Gasteiger charge is 2.20. The highest BCUT2D eigenvalue weighted by Crippen LogP contribution is 2.32. The molecule has 0 saturated carbocycles. The third-order valence-electron chi connectivity index (χ3n) is 4.79. The molecule has 10 heteroatoms. The summed E-state index contributed by atoms with van der Waals surface area (Å²) in [5.74, 6) is 2.03. The van der Waals surface area contributed by atoms with Gasteiger partial charge in [-0.2, -0.15) is 0 Å². The largest absolute Gasteiger partial charge is 0.673 e. The molecule has 178 valence electrons. The fraction of sp³-hybridized carbons (Fsp3) is 0.125. The van der Waals surface area contributed by atoms with Crippen LogP contribution in [0.2, 0.25) is 5.02 Å². The number of fused-ring (bicyclic) bond motifs is 1. The van der Waals surface area contributed by atoms with Gasteiger partial charge in [-0.15, -0.1) is 0 Å². The molecular weight excluding hydrogens is 473 g/mol. The van der Waals surface area contributed by atoms with E-state index < -0.39 is 7.25 Å². The number of methoxy groups -OCH3 is 2. The number of hydrogen-bond acceptors (Lipinski definition) is 3. The van der Waals surface area contributed by atoms with Crippen LogP contribution in [0.4, 0.5) is 23.0 Å². The van der Waals surface area contributed by atoms with Crippen molar-refractivity contribution < 1.29 is 36.1 Å². The van der Waals surface area contributed by atoms with Crippen molar-refractivity contribution in [1.29, 1.82) is 0 Å². The number of rotatable bonds is 4. The molecule has 0 saturated heterocycles. The summed E-state index contributed by atoms with van der Waals surface area (Å²) in [6.45, 7) is 1.98. The smallest absolute Gasteiger partial charge is 0.493 e. The molecule has 1 N–H and O–H groups in total. The molecule has 4 aromatic rings. The van der Waals surface area contributed by atoms with E-state index in [4.69, 9.17) is 25.5 Å². The number of nitrogens with one attached hydrogen (secondary N) is 1. The van der Waals surface area contributed by atoms with E-state index in [1.807, 2.05) is 73.7 Å². The molecule has 0 amide bonds. The molecule has 0 radical (unpaired) electrons. The Kier molecular flexibility index (Phi) is 7.88. The van der Waals surface area contributed by atoms with Gasteiger partial charge in [-0.25, -0.2) is 4.99 Å². The highest BCUT2D eigenvalue weighted by atomic mass is 35.5. The lowest BCUT2D eigenvalue weighted by Gasteiger charge is -2.09. The van der Waals surface area contributed by atoms with Crippen molar-refractivity contribution >= 4 is 35.5 Å². The Bertz CT molecular complexity index is 1370. The van der Waals surface area contributed by atoms with Crippen molar-refractivity contribution in [3.05, 3.63) is 82.7 Å². The number of aryl methyl sites for hydroxylation is 1. The first kappa shape index (κ1) is 25.2. The van der Waals surface area contributed by atoms with Gasteiger partial charge in [-0.1, -0.05) is 29.8 Å². The van der Waals surface area contributed by atoms with Crippen LogP contribution in [-0.2, 0) is 0 Å². The Balaban J connectivity index is 0.000000588. The fourth-order valence-electron chi connectivity index (χ4n) is 3.20. The molecule has 0 aliphatic rings. The Morgan fingerprint density at radius 2 is 1.53 bits per heavy atom. The summed E-state index contributed by atoms with van der Waals surface area (Å²) < 4.78 is 56.0. The van der Waals surface area contributed by atoms with Crippen LogP contribution < -0.4 is 19.8 Å². The van der Waals surface area contributed by atoms with Crippen molar-refractivity contribution in [3.63, 3.8) is 0 Å². The molecule has 0 atom stereocenters. The molecule has 0 fully saturated rings.